The third-order valence-electron chi connectivity index (χ3n) is 1.24. The van der Waals surface area contributed by atoms with Crippen LogP contribution in [0.15, 0.2) is 0 Å². The van der Waals surface area contributed by atoms with E-state index < -0.39 is 0 Å². The molecule has 0 aromatic heterocycles. The van der Waals surface area contributed by atoms with Crippen molar-refractivity contribution in [1.29, 1.82) is 0 Å². The van der Waals surface area contributed by atoms with Crippen molar-refractivity contribution in [1.82, 2.24) is 0 Å². The summed E-state index contributed by atoms with van der Waals surface area (Å²) in [6.07, 6.45) is 5.51. The summed E-state index contributed by atoms with van der Waals surface area (Å²) >= 11 is 0. The molecule has 0 aliphatic carbocycles. The summed E-state index contributed by atoms with van der Waals surface area (Å²) in [5.41, 5.74) is 0. The molecule has 0 saturated heterocycles. The normalized spacial score (nSPS) is 8.67. The van der Waals surface area contributed by atoms with E-state index in [0.717, 1.165) is 31.8 Å². The predicted molar refractivity (Wildman–Crippen MR) is 51.1 cm³/mol. The van der Waals surface area contributed by atoms with Gasteiger partial charge in [0.25, 0.3) is 0 Å². The molecule has 2 heteroatoms. The summed E-state index contributed by atoms with van der Waals surface area (Å²) in [7, 11) is 0. The molecule has 2 nitrogen and oxygen atoms in total. The van der Waals surface area contributed by atoms with Crippen molar-refractivity contribution in [3.05, 3.63) is 0 Å². The molecule has 0 spiro atoms. The van der Waals surface area contributed by atoms with Crippen molar-refractivity contribution in [3.8, 4) is 0 Å². The van der Waals surface area contributed by atoms with Crippen molar-refractivity contribution >= 4 is 12.6 Å². The standard InChI is InChI=1S/2C5H10O/c1-5(2)3-4-6;1-2-3-4-5-6/h4-5H,3H2,1-2H3;5H,2-4H2,1H3. The summed E-state index contributed by atoms with van der Waals surface area (Å²) in [5.74, 6) is 0.530. The number of rotatable bonds is 5. The van der Waals surface area contributed by atoms with Gasteiger partial charge in [-0.05, 0) is 12.3 Å². The summed E-state index contributed by atoms with van der Waals surface area (Å²) in [6, 6.07) is 0. The highest BCUT2D eigenvalue weighted by Crippen LogP contribution is 1.92. The fourth-order valence-corrected chi connectivity index (χ4v) is 0.480. The summed E-state index contributed by atoms with van der Waals surface area (Å²) in [5, 5.41) is 0. The van der Waals surface area contributed by atoms with Gasteiger partial charge in [-0.3, -0.25) is 0 Å². The maximum atomic E-state index is 9.62. The Bertz CT molecular complexity index is 98.0. The Morgan fingerprint density at radius 3 is 1.83 bits per heavy atom. The molecule has 0 aliphatic rings. The Hall–Kier alpha value is -0.660. The van der Waals surface area contributed by atoms with Gasteiger partial charge in [0.2, 0.25) is 0 Å². The van der Waals surface area contributed by atoms with Crippen LogP contribution in [0.1, 0.15) is 46.5 Å². The van der Waals surface area contributed by atoms with E-state index in [1.807, 2.05) is 13.8 Å². The highest BCUT2D eigenvalue weighted by Gasteiger charge is 1.85. The molecule has 0 radical (unpaired) electrons. The topological polar surface area (TPSA) is 34.1 Å². The second-order valence-electron chi connectivity index (χ2n) is 3.11. The summed E-state index contributed by atoms with van der Waals surface area (Å²) in [4.78, 5) is 19.2. The van der Waals surface area contributed by atoms with Gasteiger partial charge in [-0.1, -0.05) is 27.2 Å². The average molecular weight is 172 g/mol. The van der Waals surface area contributed by atoms with Gasteiger partial charge in [0.15, 0.2) is 0 Å². The van der Waals surface area contributed by atoms with E-state index in [9.17, 15) is 9.59 Å². The number of unbranched alkanes of at least 4 members (excludes halogenated alkanes) is 2. The van der Waals surface area contributed by atoms with Gasteiger partial charge >= 0.3 is 0 Å². The summed E-state index contributed by atoms with van der Waals surface area (Å²) < 4.78 is 0. The number of hydrogen-bond acceptors (Lipinski definition) is 2. The number of hydrogen-bond donors (Lipinski definition) is 0. The molecule has 0 aromatic carbocycles. The lowest BCUT2D eigenvalue weighted by molar-refractivity contribution is -0.109. The van der Waals surface area contributed by atoms with E-state index in [2.05, 4.69) is 6.92 Å². The van der Waals surface area contributed by atoms with Crippen LogP contribution in [-0.2, 0) is 9.59 Å². The fraction of sp³-hybridized carbons (Fsp3) is 0.800. The molecular formula is C10H20O2. The van der Waals surface area contributed by atoms with Crippen molar-refractivity contribution < 1.29 is 9.59 Å². The van der Waals surface area contributed by atoms with Crippen molar-refractivity contribution in [2.24, 2.45) is 5.92 Å². The first-order valence-electron chi connectivity index (χ1n) is 4.56. The lowest BCUT2D eigenvalue weighted by atomic mass is 10.2. The maximum Gasteiger partial charge on any atom is 0.120 e. The minimum absolute atomic E-state index is 0.530. The van der Waals surface area contributed by atoms with Crippen LogP contribution in [0.25, 0.3) is 0 Å². The smallest absolute Gasteiger partial charge is 0.120 e. The summed E-state index contributed by atoms with van der Waals surface area (Å²) in [6.45, 7) is 6.12. The molecule has 0 unspecified atom stereocenters. The van der Waals surface area contributed by atoms with Gasteiger partial charge in [0.05, 0.1) is 0 Å². The molecule has 0 amide bonds. The van der Waals surface area contributed by atoms with Gasteiger partial charge in [0.1, 0.15) is 12.6 Å². The van der Waals surface area contributed by atoms with E-state index in [-0.39, 0.29) is 0 Å². The van der Waals surface area contributed by atoms with E-state index >= 15 is 0 Å². The quantitative estimate of drug-likeness (QED) is 0.472. The van der Waals surface area contributed by atoms with Crippen LogP contribution in [0.2, 0.25) is 0 Å². The van der Waals surface area contributed by atoms with Gasteiger partial charge in [0, 0.05) is 12.8 Å². The van der Waals surface area contributed by atoms with Gasteiger partial charge in [-0.2, -0.15) is 0 Å². The lowest BCUT2D eigenvalue weighted by Crippen LogP contribution is -1.84. The van der Waals surface area contributed by atoms with Crippen LogP contribution in [0.3, 0.4) is 0 Å². The van der Waals surface area contributed by atoms with Crippen LogP contribution < -0.4 is 0 Å². The first-order valence-corrected chi connectivity index (χ1v) is 4.56. The van der Waals surface area contributed by atoms with Crippen LogP contribution in [0.5, 0.6) is 0 Å². The van der Waals surface area contributed by atoms with Crippen LogP contribution >= 0.6 is 0 Å². The maximum absolute atomic E-state index is 9.62. The Morgan fingerprint density at radius 1 is 1.17 bits per heavy atom. The molecule has 72 valence electrons. The number of aldehydes is 2. The lowest BCUT2D eigenvalue weighted by Gasteiger charge is -1.89. The van der Waals surface area contributed by atoms with Crippen molar-refractivity contribution in [2.45, 2.75) is 46.5 Å². The number of carbonyl (C=O) groups excluding carboxylic acids is 2. The second-order valence-corrected chi connectivity index (χ2v) is 3.11. The molecule has 0 aliphatic heterocycles. The Kier molecular flexibility index (Phi) is 15.0. The van der Waals surface area contributed by atoms with Crippen LogP contribution in [0.4, 0.5) is 0 Å². The highest BCUT2D eigenvalue weighted by atomic mass is 16.1. The van der Waals surface area contributed by atoms with E-state index in [4.69, 9.17) is 0 Å². The van der Waals surface area contributed by atoms with Crippen molar-refractivity contribution in [3.63, 3.8) is 0 Å². The van der Waals surface area contributed by atoms with Crippen LogP contribution in [-0.4, -0.2) is 12.6 Å². The zero-order chi connectivity index (χ0) is 9.82. The van der Waals surface area contributed by atoms with Gasteiger partial charge in [-0.15, -0.1) is 0 Å². The Labute approximate surface area is 75.4 Å². The predicted octanol–water partition coefficient (Wildman–Crippen LogP) is 2.61. The van der Waals surface area contributed by atoms with Gasteiger partial charge in [-0.25, -0.2) is 0 Å². The molecule has 0 atom stereocenters. The molecule has 0 rings (SSSR count). The minimum Gasteiger partial charge on any atom is -0.303 e. The largest absolute Gasteiger partial charge is 0.303 e. The zero-order valence-electron chi connectivity index (χ0n) is 8.38. The SMILES string of the molecule is CC(C)CC=O.CCCCC=O. The molecule has 0 saturated carbocycles. The van der Waals surface area contributed by atoms with Gasteiger partial charge < -0.3 is 9.59 Å². The third-order valence-corrected chi connectivity index (χ3v) is 1.24. The Balaban J connectivity index is 0. The monoisotopic (exact) mass is 172 g/mol. The molecule has 0 fully saturated rings. The molecular weight excluding hydrogens is 152 g/mol. The Morgan fingerprint density at radius 2 is 1.75 bits per heavy atom. The second kappa shape index (κ2) is 13.0. The zero-order valence-corrected chi connectivity index (χ0v) is 8.38. The third kappa shape index (κ3) is 22.8. The number of carbonyl (C=O) groups is 2. The van der Waals surface area contributed by atoms with Crippen molar-refractivity contribution in [2.75, 3.05) is 0 Å². The fourth-order valence-electron chi connectivity index (χ4n) is 0.480. The first kappa shape index (κ1) is 13.9. The van der Waals surface area contributed by atoms with E-state index in [0.29, 0.717) is 12.3 Å². The molecule has 0 heterocycles. The first-order chi connectivity index (χ1) is 5.68. The molecule has 12 heavy (non-hydrogen) atoms. The minimum atomic E-state index is 0.530. The van der Waals surface area contributed by atoms with E-state index in [1.54, 1.807) is 0 Å². The van der Waals surface area contributed by atoms with Crippen LogP contribution in [0, 0.1) is 5.92 Å². The average Bonchev–Trinajstić information content (AvgIpc) is 2.02. The molecule has 0 bridgehead atoms. The molecule has 0 N–H and O–H groups in total. The highest BCUT2D eigenvalue weighted by molar-refractivity contribution is 5.49. The van der Waals surface area contributed by atoms with E-state index in [1.165, 1.54) is 0 Å². The molecule has 0 aromatic rings.